The summed E-state index contributed by atoms with van der Waals surface area (Å²) in [6.45, 7) is 5.53. The van der Waals surface area contributed by atoms with Crippen LogP contribution in [0.25, 0.3) is 0 Å². The van der Waals surface area contributed by atoms with Gasteiger partial charge in [0.2, 0.25) is 0 Å². The van der Waals surface area contributed by atoms with Crippen molar-refractivity contribution in [1.82, 2.24) is 10.2 Å². The minimum absolute atomic E-state index is 0.0824. The molecule has 0 fully saturated rings. The van der Waals surface area contributed by atoms with Gasteiger partial charge in [-0.05, 0) is 25.0 Å². The van der Waals surface area contributed by atoms with Crippen LogP contribution in [0.3, 0.4) is 0 Å². The standard InChI is InChI=1S/C16H22FN5O3S/c1-4-22-15(12(18)14(19)20)21-13(9(2)3)16(22)26(23,24)25-11-7-5-6-10(17)8-11/h5-9,21H,4,18H2,1-3H3,(H3,19,20). The highest BCUT2D eigenvalue weighted by Crippen LogP contribution is 2.33. The maximum atomic E-state index is 13.4. The number of hydrogen-bond donors (Lipinski definition) is 4. The molecule has 2 rings (SSSR count). The zero-order valence-electron chi connectivity index (χ0n) is 14.7. The van der Waals surface area contributed by atoms with E-state index in [1.807, 2.05) is 0 Å². The van der Waals surface area contributed by atoms with Crippen molar-refractivity contribution in [3.63, 3.8) is 0 Å². The number of amidine groups is 1. The molecule has 1 heterocycles. The molecular weight excluding hydrogens is 361 g/mol. The van der Waals surface area contributed by atoms with E-state index in [0.29, 0.717) is 5.70 Å². The van der Waals surface area contributed by atoms with Gasteiger partial charge >= 0.3 is 10.1 Å². The molecule has 0 atom stereocenters. The third-order valence-electron chi connectivity index (χ3n) is 3.68. The van der Waals surface area contributed by atoms with Gasteiger partial charge in [-0.25, -0.2) is 4.39 Å². The maximum absolute atomic E-state index is 13.4. The van der Waals surface area contributed by atoms with Crippen LogP contribution in [0.5, 0.6) is 5.75 Å². The number of halogens is 1. The van der Waals surface area contributed by atoms with E-state index < -0.39 is 21.8 Å². The zero-order chi connectivity index (χ0) is 19.6. The maximum Gasteiger partial charge on any atom is 0.356 e. The van der Waals surface area contributed by atoms with Gasteiger partial charge in [-0.3, -0.25) is 5.41 Å². The van der Waals surface area contributed by atoms with E-state index in [-0.39, 0.29) is 34.8 Å². The second-order valence-electron chi connectivity index (χ2n) is 5.91. The Morgan fingerprint density at radius 2 is 2.04 bits per heavy atom. The normalized spacial score (nSPS) is 16.7. The molecule has 10 heteroatoms. The summed E-state index contributed by atoms with van der Waals surface area (Å²) in [5.74, 6) is -1.17. The number of hydrogen-bond acceptors (Lipinski definition) is 7. The fraction of sp³-hybridized carbons (Fsp3) is 0.312. The molecule has 142 valence electrons. The van der Waals surface area contributed by atoms with E-state index in [0.717, 1.165) is 6.07 Å². The van der Waals surface area contributed by atoms with Gasteiger partial charge < -0.3 is 25.9 Å². The van der Waals surface area contributed by atoms with E-state index in [9.17, 15) is 12.8 Å². The lowest BCUT2D eigenvalue weighted by Gasteiger charge is -2.22. The molecule has 1 aliphatic rings. The Labute approximate surface area is 151 Å². The molecule has 0 spiro atoms. The molecule has 0 saturated carbocycles. The SMILES string of the molecule is CCN1C(=C(N)C(=N)N)NC(C(C)C)=C1S(=O)(=O)Oc1cccc(F)c1. The average Bonchev–Trinajstić information content (AvgIpc) is 2.94. The summed E-state index contributed by atoms with van der Waals surface area (Å²) in [4.78, 5) is 1.38. The lowest BCUT2D eigenvalue weighted by atomic mass is 10.1. The van der Waals surface area contributed by atoms with E-state index in [4.69, 9.17) is 21.1 Å². The first-order chi connectivity index (χ1) is 12.1. The van der Waals surface area contributed by atoms with Gasteiger partial charge in [-0.2, -0.15) is 8.42 Å². The molecule has 1 aliphatic heterocycles. The number of benzene rings is 1. The summed E-state index contributed by atoms with van der Waals surface area (Å²) in [5, 5.41) is 10.3. The van der Waals surface area contributed by atoms with Crippen LogP contribution in [0, 0.1) is 17.1 Å². The number of nitrogens with two attached hydrogens (primary N) is 2. The summed E-state index contributed by atoms with van der Waals surface area (Å²) in [6.07, 6.45) is 0. The van der Waals surface area contributed by atoms with Gasteiger partial charge in [0.15, 0.2) is 5.03 Å². The fourth-order valence-electron chi connectivity index (χ4n) is 2.48. The largest absolute Gasteiger partial charge is 0.393 e. The van der Waals surface area contributed by atoms with Crippen molar-refractivity contribution in [3.05, 3.63) is 52.3 Å². The van der Waals surface area contributed by atoms with Crippen molar-refractivity contribution in [3.8, 4) is 5.75 Å². The van der Waals surface area contributed by atoms with Crippen molar-refractivity contribution in [1.29, 1.82) is 5.41 Å². The second-order valence-corrected chi connectivity index (χ2v) is 7.38. The van der Waals surface area contributed by atoms with Crippen LogP contribution in [-0.2, 0) is 10.1 Å². The number of rotatable bonds is 6. The van der Waals surface area contributed by atoms with Gasteiger partial charge in [-0.15, -0.1) is 0 Å². The highest BCUT2D eigenvalue weighted by atomic mass is 32.2. The van der Waals surface area contributed by atoms with E-state index in [1.165, 1.54) is 23.1 Å². The Morgan fingerprint density at radius 1 is 1.38 bits per heavy atom. The predicted octanol–water partition coefficient (Wildman–Crippen LogP) is 1.35. The number of nitrogens with zero attached hydrogens (tertiary/aromatic N) is 1. The van der Waals surface area contributed by atoms with Crippen molar-refractivity contribution < 1.29 is 17.0 Å². The van der Waals surface area contributed by atoms with E-state index in [2.05, 4.69) is 5.32 Å². The molecule has 0 aromatic heterocycles. The fourth-order valence-corrected chi connectivity index (χ4v) is 3.97. The first-order valence-electron chi connectivity index (χ1n) is 7.91. The summed E-state index contributed by atoms with van der Waals surface area (Å²) >= 11 is 0. The quantitative estimate of drug-likeness (QED) is 0.331. The van der Waals surface area contributed by atoms with Crippen LogP contribution in [0.2, 0.25) is 0 Å². The molecule has 0 radical (unpaired) electrons. The highest BCUT2D eigenvalue weighted by molar-refractivity contribution is 7.91. The first-order valence-corrected chi connectivity index (χ1v) is 9.32. The Hall–Kier alpha value is -2.75. The molecular formula is C16H22FN5O3S. The van der Waals surface area contributed by atoms with Gasteiger partial charge in [0, 0.05) is 12.6 Å². The molecule has 0 unspecified atom stereocenters. The third kappa shape index (κ3) is 3.74. The zero-order valence-corrected chi connectivity index (χ0v) is 15.5. The first kappa shape index (κ1) is 19.6. The van der Waals surface area contributed by atoms with Crippen molar-refractivity contribution in [2.75, 3.05) is 6.54 Å². The average molecular weight is 383 g/mol. The van der Waals surface area contributed by atoms with Gasteiger partial charge in [0.1, 0.15) is 28.9 Å². The Morgan fingerprint density at radius 3 is 2.54 bits per heavy atom. The highest BCUT2D eigenvalue weighted by Gasteiger charge is 2.39. The molecule has 0 aliphatic carbocycles. The molecule has 26 heavy (non-hydrogen) atoms. The second kappa shape index (κ2) is 7.24. The smallest absolute Gasteiger partial charge is 0.356 e. The van der Waals surface area contributed by atoms with Crippen LogP contribution >= 0.6 is 0 Å². The summed E-state index contributed by atoms with van der Waals surface area (Å²) in [6, 6.07) is 4.85. The summed E-state index contributed by atoms with van der Waals surface area (Å²) < 4.78 is 44.3. The Bertz CT molecular complexity index is 893. The van der Waals surface area contributed by atoms with Crippen LogP contribution in [0.4, 0.5) is 4.39 Å². The van der Waals surface area contributed by atoms with Crippen molar-refractivity contribution >= 4 is 16.0 Å². The van der Waals surface area contributed by atoms with Crippen LogP contribution in [-0.4, -0.2) is 25.7 Å². The Kier molecular flexibility index (Phi) is 5.45. The van der Waals surface area contributed by atoms with Gasteiger partial charge in [0.25, 0.3) is 0 Å². The predicted molar refractivity (Wildman–Crippen MR) is 96.5 cm³/mol. The Balaban J connectivity index is 2.56. The third-order valence-corrected chi connectivity index (χ3v) is 5.00. The lowest BCUT2D eigenvalue weighted by Crippen LogP contribution is -2.33. The van der Waals surface area contributed by atoms with Crippen LogP contribution in [0.1, 0.15) is 20.8 Å². The number of nitrogens with one attached hydrogen (secondary N) is 2. The van der Waals surface area contributed by atoms with Gasteiger partial charge in [0.05, 0.1) is 5.70 Å². The van der Waals surface area contributed by atoms with Crippen LogP contribution in [0.15, 0.2) is 46.5 Å². The molecule has 1 aromatic rings. The monoisotopic (exact) mass is 383 g/mol. The van der Waals surface area contributed by atoms with Gasteiger partial charge in [-0.1, -0.05) is 19.9 Å². The molecule has 0 saturated heterocycles. The molecule has 8 nitrogen and oxygen atoms in total. The van der Waals surface area contributed by atoms with Crippen LogP contribution < -0.4 is 21.0 Å². The molecule has 0 amide bonds. The van der Waals surface area contributed by atoms with E-state index in [1.54, 1.807) is 20.8 Å². The van der Waals surface area contributed by atoms with E-state index >= 15 is 0 Å². The van der Waals surface area contributed by atoms with Crippen molar-refractivity contribution in [2.24, 2.45) is 17.4 Å². The lowest BCUT2D eigenvalue weighted by molar-refractivity contribution is 0.438. The minimum atomic E-state index is -4.30. The molecule has 6 N–H and O–H groups in total. The summed E-state index contributed by atoms with van der Waals surface area (Å²) in [5.41, 5.74) is 11.6. The molecule has 0 bridgehead atoms. The molecule has 1 aromatic carbocycles. The summed E-state index contributed by atoms with van der Waals surface area (Å²) in [7, 11) is -4.30. The minimum Gasteiger partial charge on any atom is -0.393 e. The van der Waals surface area contributed by atoms with Crippen molar-refractivity contribution in [2.45, 2.75) is 20.8 Å². The number of allylic oxidation sites excluding steroid dienone is 1. The topological polar surface area (TPSA) is 135 Å².